The Morgan fingerprint density at radius 1 is 1.45 bits per heavy atom. The molecule has 0 aliphatic heterocycles. The number of nitrogens with zero attached hydrogens (tertiary/aromatic N) is 2. The minimum Gasteiger partial charge on any atom is -0.394 e. The number of hydrogen-bond donors (Lipinski definition) is 2. The molecular formula is C16H23N3O. The summed E-state index contributed by atoms with van der Waals surface area (Å²) in [5.41, 5.74) is 2.26. The number of hydrogen-bond acceptors (Lipinski definition) is 4. The highest BCUT2D eigenvalue weighted by molar-refractivity contribution is 5.61. The van der Waals surface area contributed by atoms with Crippen LogP contribution in [-0.2, 0) is 6.54 Å². The lowest BCUT2D eigenvalue weighted by Gasteiger charge is -2.36. The summed E-state index contributed by atoms with van der Waals surface area (Å²) in [6, 6.07) is 8.89. The maximum absolute atomic E-state index is 9.46. The van der Waals surface area contributed by atoms with Gasteiger partial charge in [0.25, 0.3) is 0 Å². The third kappa shape index (κ3) is 3.30. The van der Waals surface area contributed by atoms with Gasteiger partial charge in [0.1, 0.15) is 6.07 Å². The zero-order valence-corrected chi connectivity index (χ0v) is 12.5. The molecule has 1 aliphatic carbocycles. The van der Waals surface area contributed by atoms with Crippen molar-refractivity contribution in [2.45, 2.75) is 44.8 Å². The molecule has 0 aromatic heterocycles. The second-order valence-corrected chi connectivity index (χ2v) is 6.15. The van der Waals surface area contributed by atoms with Crippen LogP contribution in [0.25, 0.3) is 0 Å². The van der Waals surface area contributed by atoms with Crippen molar-refractivity contribution in [3.05, 3.63) is 29.3 Å². The molecule has 0 atom stereocenters. The first-order valence-corrected chi connectivity index (χ1v) is 7.09. The summed E-state index contributed by atoms with van der Waals surface area (Å²) in [6.45, 7) is 4.76. The Balaban J connectivity index is 2.18. The monoisotopic (exact) mass is 273 g/mol. The molecular weight excluding hydrogens is 250 g/mol. The lowest BCUT2D eigenvalue weighted by Crippen LogP contribution is -2.44. The van der Waals surface area contributed by atoms with Crippen molar-refractivity contribution in [3.63, 3.8) is 0 Å². The van der Waals surface area contributed by atoms with Crippen LogP contribution < -0.4 is 10.2 Å². The zero-order valence-electron chi connectivity index (χ0n) is 12.5. The van der Waals surface area contributed by atoms with E-state index in [1.165, 1.54) is 12.8 Å². The third-order valence-corrected chi connectivity index (χ3v) is 4.01. The molecule has 0 saturated heterocycles. The van der Waals surface area contributed by atoms with Gasteiger partial charge in [0.05, 0.1) is 23.4 Å². The van der Waals surface area contributed by atoms with Gasteiger partial charge in [-0.1, -0.05) is 6.07 Å². The van der Waals surface area contributed by atoms with Crippen LogP contribution in [-0.4, -0.2) is 30.3 Å². The summed E-state index contributed by atoms with van der Waals surface area (Å²) >= 11 is 0. The number of anilines is 1. The zero-order chi connectivity index (χ0) is 14.8. The van der Waals surface area contributed by atoms with Gasteiger partial charge in [0.2, 0.25) is 0 Å². The number of aliphatic hydroxyl groups excluding tert-OH is 1. The maximum atomic E-state index is 9.46. The molecule has 4 heteroatoms. The van der Waals surface area contributed by atoms with Crippen LogP contribution in [0.2, 0.25) is 0 Å². The SMILES string of the molecule is CN(c1ccc(CNC2CC2)cc1C#N)C(C)(C)CO. The van der Waals surface area contributed by atoms with E-state index in [0.717, 1.165) is 17.8 Å². The minimum atomic E-state index is -0.390. The molecule has 20 heavy (non-hydrogen) atoms. The number of rotatable bonds is 6. The first kappa shape index (κ1) is 14.8. The average molecular weight is 273 g/mol. The Bertz CT molecular complexity index is 515. The number of nitrogens with one attached hydrogen (secondary N) is 1. The average Bonchev–Trinajstić information content (AvgIpc) is 3.28. The third-order valence-electron chi connectivity index (χ3n) is 4.01. The number of nitriles is 1. The molecule has 1 aromatic carbocycles. The fourth-order valence-corrected chi connectivity index (χ4v) is 2.06. The van der Waals surface area contributed by atoms with Crippen molar-refractivity contribution in [3.8, 4) is 6.07 Å². The van der Waals surface area contributed by atoms with Crippen LogP contribution in [0.3, 0.4) is 0 Å². The Kier molecular flexibility index (Phi) is 4.32. The first-order valence-electron chi connectivity index (χ1n) is 7.09. The molecule has 1 saturated carbocycles. The van der Waals surface area contributed by atoms with Gasteiger partial charge in [0, 0.05) is 19.6 Å². The second kappa shape index (κ2) is 5.82. The molecule has 0 heterocycles. The van der Waals surface area contributed by atoms with Gasteiger partial charge >= 0.3 is 0 Å². The van der Waals surface area contributed by atoms with Crippen molar-refractivity contribution in [1.82, 2.24) is 5.32 Å². The summed E-state index contributed by atoms with van der Waals surface area (Å²) in [6.07, 6.45) is 2.52. The molecule has 0 spiro atoms. The van der Waals surface area contributed by atoms with Crippen molar-refractivity contribution < 1.29 is 5.11 Å². The molecule has 0 amide bonds. The topological polar surface area (TPSA) is 59.3 Å². The lowest BCUT2D eigenvalue weighted by molar-refractivity contribution is 0.216. The van der Waals surface area contributed by atoms with E-state index >= 15 is 0 Å². The predicted octanol–water partition coefficient (Wildman–Crippen LogP) is 2.02. The smallest absolute Gasteiger partial charge is 0.101 e. The van der Waals surface area contributed by atoms with E-state index in [0.29, 0.717) is 11.6 Å². The number of aliphatic hydroxyl groups is 1. The second-order valence-electron chi connectivity index (χ2n) is 6.15. The van der Waals surface area contributed by atoms with Crippen molar-refractivity contribution in [2.75, 3.05) is 18.6 Å². The van der Waals surface area contributed by atoms with E-state index in [2.05, 4.69) is 17.5 Å². The fraction of sp³-hybridized carbons (Fsp3) is 0.562. The predicted molar refractivity (Wildman–Crippen MR) is 80.6 cm³/mol. The highest BCUT2D eigenvalue weighted by atomic mass is 16.3. The molecule has 108 valence electrons. The standard InChI is InChI=1S/C16H23N3O/c1-16(2,11-20)19(3)15-7-4-12(8-13(15)9-17)10-18-14-5-6-14/h4,7-8,14,18,20H,5-6,10-11H2,1-3H3. The highest BCUT2D eigenvalue weighted by Crippen LogP contribution is 2.27. The van der Waals surface area contributed by atoms with Gasteiger partial charge in [-0.2, -0.15) is 5.26 Å². The van der Waals surface area contributed by atoms with Crippen LogP contribution in [0.15, 0.2) is 18.2 Å². The molecule has 1 fully saturated rings. The van der Waals surface area contributed by atoms with Gasteiger partial charge in [0.15, 0.2) is 0 Å². The molecule has 0 bridgehead atoms. The minimum absolute atomic E-state index is 0.0410. The largest absolute Gasteiger partial charge is 0.394 e. The Morgan fingerprint density at radius 2 is 2.15 bits per heavy atom. The van der Waals surface area contributed by atoms with Crippen molar-refractivity contribution >= 4 is 5.69 Å². The summed E-state index contributed by atoms with van der Waals surface area (Å²) in [5.74, 6) is 0. The van der Waals surface area contributed by atoms with Crippen LogP contribution in [0.1, 0.15) is 37.8 Å². The van der Waals surface area contributed by atoms with Gasteiger partial charge in [-0.05, 0) is 44.4 Å². The summed E-state index contributed by atoms with van der Waals surface area (Å²) < 4.78 is 0. The van der Waals surface area contributed by atoms with Gasteiger partial charge < -0.3 is 15.3 Å². The molecule has 1 aromatic rings. The summed E-state index contributed by atoms with van der Waals surface area (Å²) in [5, 5.41) is 22.3. The molecule has 1 aliphatic rings. The lowest BCUT2D eigenvalue weighted by atomic mass is 10.0. The van der Waals surface area contributed by atoms with Crippen LogP contribution >= 0.6 is 0 Å². The van der Waals surface area contributed by atoms with E-state index in [1.54, 1.807) is 0 Å². The molecule has 4 nitrogen and oxygen atoms in total. The molecule has 2 rings (SSSR count). The molecule has 0 radical (unpaired) electrons. The van der Waals surface area contributed by atoms with E-state index in [1.807, 2.05) is 37.9 Å². The molecule has 0 unspecified atom stereocenters. The quantitative estimate of drug-likeness (QED) is 0.832. The normalized spacial score (nSPS) is 14.9. The van der Waals surface area contributed by atoms with Gasteiger partial charge in [-0.25, -0.2) is 0 Å². The van der Waals surface area contributed by atoms with Crippen LogP contribution in [0.5, 0.6) is 0 Å². The summed E-state index contributed by atoms with van der Waals surface area (Å²) in [4.78, 5) is 1.96. The Morgan fingerprint density at radius 3 is 2.70 bits per heavy atom. The molecule has 2 N–H and O–H groups in total. The fourth-order valence-electron chi connectivity index (χ4n) is 2.06. The number of likely N-dealkylation sites (N-methyl/N-ethyl adjacent to an activating group) is 1. The highest BCUT2D eigenvalue weighted by Gasteiger charge is 2.25. The van der Waals surface area contributed by atoms with E-state index in [4.69, 9.17) is 0 Å². The van der Waals surface area contributed by atoms with Crippen molar-refractivity contribution in [2.24, 2.45) is 0 Å². The van der Waals surface area contributed by atoms with Gasteiger partial charge in [-0.3, -0.25) is 0 Å². The Labute approximate surface area is 121 Å². The van der Waals surface area contributed by atoms with E-state index in [-0.39, 0.29) is 12.1 Å². The van der Waals surface area contributed by atoms with E-state index in [9.17, 15) is 10.4 Å². The van der Waals surface area contributed by atoms with Crippen LogP contribution in [0.4, 0.5) is 5.69 Å². The van der Waals surface area contributed by atoms with Crippen LogP contribution in [0, 0.1) is 11.3 Å². The maximum Gasteiger partial charge on any atom is 0.101 e. The number of benzene rings is 1. The van der Waals surface area contributed by atoms with Gasteiger partial charge in [-0.15, -0.1) is 0 Å². The first-order chi connectivity index (χ1) is 9.47. The summed E-state index contributed by atoms with van der Waals surface area (Å²) in [7, 11) is 1.91. The Hall–Kier alpha value is -1.57. The van der Waals surface area contributed by atoms with E-state index < -0.39 is 0 Å². The van der Waals surface area contributed by atoms with Crippen molar-refractivity contribution in [1.29, 1.82) is 5.26 Å².